The summed E-state index contributed by atoms with van der Waals surface area (Å²) < 4.78 is 49.8. The van der Waals surface area contributed by atoms with Gasteiger partial charge in [-0.15, -0.1) is 0 Å². The van der Waals surface area contributed by atoms with Crippen LogP contribution in [-0.4, -0.2) is 31.6 Å². The zero-order valence-electron chi connectivity index (χ0n) is 18.5. The van der Waals surface area contributed by atoms with Crippen LogP contribution in [-0.2, 0) is 6.54 Å². The lowest BCUT2D eigenvalue weighted by atomic mass is 9.90. The number of rotatable bonds is 6. The Bertz CT molecular complexity index is 1000. The Morgan fingerprint density at radius 3 is 2.47 bits per heavy atom. The molecule has 0 radical (unpaired) electrons. The van der Waals surface area contributed by atoms with Gasteiger partial charge in [-0.3, -0.25) is 4.68 Å². The maximum absolute atomic E-state index is 14.2. The number of halogens is 3. The molecule has 3 rings (SSSR count). The molecule has 1 atom stereocenters. The fourth-order valence-corrected chi connectivity index (χ4v) is 3.63. The SMILES string of the molecule is C/C1=C\C/C(CC(C)(O)Cn2cncn2)=C(C(F)(F)F)\C=C(\Oc2ccc(C)cc2)CC1. The Labute approximate surface area is 185 Å². The van der Waals surface area contributed by atoms with E-state index in [1.54, 1.807) is 18.2 Å². The van der Waals surface area contributed by atoms with Crippen LogP contribution in [0.15, 0.2) is 71.6 Å². The number of hydrogen-bond acceptors (Lipinski definition) is 4. The first-order chi connectivity index (χ1) is 15.0. The number of aromatic nitrogens is 3. The molecule has 1 aromatic carbocycles. The molecule has 1 heterocycles. The van der Waals surface area contributed by atoms with Crippen molar-refractivity contribution in [3.8, 4) is 5.75 Å². The molecule has 5 nitrogen and oxygen atoms in total. The lowest BCUT2D eigenvalue weighted by Crippen LogP contribution is -2.32. The smallest absolute Gasteiger partial charge is 0.416 e. The Morgan fingerprint density at radius 2 is 1.84 bits per heavy atom. The van der Waals surface area contributed by atoms with Gasteiger partial charge in [-0.05, 0) is 58.2 Å². The van der Waals surface area contributed by atoms with E-state index < -0.39 is 17.4 Å². The number of nitrogens with zero attached hydrogens (tertiary/aromatic N) is 3. The summed E-state index contributed by atoms with van der Waals surface area (Å²) in [5.74, 6) is 0.730. The standard InChI is InChI=1S/C24H28F3N3O2/c1-17-4-8-19(13-23(3,31)14-30-16-28-15-29-30)22(24(25,26)27)12-21(11-7-17)32-20-9-5-18(2)6-10-20/h4-6,9-10,12,15-16,31H,7-8,11,13-14H2,1-3H3/b17-4+,21-12+,22-19-. The van der Waals surface area contributed by atoms with Gasteiger partial charge in [0, 0.05) is 6.42 Å². The van der Waals surface area contributed by atoms with Crippen molar-refractivity contribution in [2.24, 2.45) is 0 Å². The normalized spacial score (nSPS) is 23.1. The molecule has 0 aliphatic heterocycles. The molecule has 0 spiro atoms. The number of hydrogen-bond donors (Lipinski definition) is 1. The fourth-order valence-electron chi connectivity index (χ4n) is 3.63. The molecule has 8 heteroatoms. The van der Waals surface area contributed by atoms with Crippen LogP contribution in [0.2, 0.25) is 0 Å². The Kier molecular flexibility index (Phi) is 7.23. The molecule has 0 saturated heterocycles. The molecule has 0 amide bonds. The van der Waals surface area contributed by atoms with Gasteiger partial charge in [-0.1, -0.05) is 34.9 Å². The third kappa shape index (κ3) is 6.82. The van der Waals surface area contributed by atoms with E-state index in [1.165, 1.54) is 24.3 Å². The number of ether oxygens (including phenoxy) is 1. The lowest BCUT2D eigenvalue weighted by Gasteiger charge is -2.26. The highest BCUT2D eigenvalue weighted by atomic mass is 19.4. The minimum atomic E-state index is -4.59. The summed E-state index contributed by atoms with van der Waals surface area (Å²) >= 11 is 0. The van der Waals surface area contributed by atoms with Crippen LogP contribution in [0.4, 0.5) is 13.2 Å². The summed E-state index contributed by atoms with van der Waals surface area (Å²) in [5, 5.41) is 14.8. The van der Waals surface area contributed by atoms with Crippen molar-refractivity contribution in [2.75, 3.05) is 0 Å². The zero-order valence-corrected chi connectivity index (χ0v) is 18.5. The van der Waals surface area contributed by atoms with E-state index in [9.17, 15) is 18.3 Å². The summed E-state index contributed by atoms with van der Waals surface area (Å²) in [5.41, 5.74) is -0.105. The number of alkyl halides is 3. The molecule has 0 fully saturated rings. The predicted molar refractivity (Wildman–Crippen MR) is 116 cm³/mol. The highest BCUT2D eigenvalue weighted by molar-refractivity contribution is 5.37. The summed E-state index contributed by atoms with van der Waals surface area (Å²) in [6, 6.07) is 7.19. The number of benzene rings is 1. The molecule has 1 aliphatic carbocycles. The number of aryl methyl sites for hydroxylation is 1. The van der Waals surface area contributed by atoms with Crippen LogP contribution in [0.25, 0.3) is 0 Å². The summed E-state index contributed by atoms with van der Waals surface area (Å²) in [4.78, 5) is 3.83. The molecule has 1 aromatic heterocycles. The third-order valence-electron chi connectivity index (χ3n) is 5.29. The zero-order chi connectivity index (χ0) is 23.4. The summed E-state index contributed by atoms with van der Waals surface area (Å²) in [6.07, 6.45) is 1.91. The van der Waals surface area contributed by atoms with Crippen molar-refractivity contribution < 1.29 is 23.0 Å². The van der Waals surface area contributed by atoms with Gasteiger partial charge >= 0.3 is 6.18 Å². The summed E-state index contributed by atoms with van der Waals surface area (Å²) in [7, 11) is 0. The molecule has 172 valence electrons. The second kappa shape index (κ2) is 9.73. The van der Waals surface area contributed by atoms with Crippen LogP contribution in [0.3, 0.4) is 0 Å². The van der Waals surface area contributed by atoms with Crippen LogP contribution >= 0.6 is 0 Å². The minimum Gasteiger partial charge on any atom is -0.462 e. The van der Waals surface area contributed by atoms with E-state index in [-0.39, 0.29) is 30.7 Å². The predicted octanol–water partition coefficient (Wildman–Crippen LogP) is 5.68. The largest absolute Gasteiger partial charge is 0.462 e. The Balaban J connectivity index is 1.99. The maximum atomic E-state index is 14.2. The second-order valence-electron chi connectivity index (χ2n) is 8.56. The van der Waals surface area contributed by atoms with Gasteiger partial charge in [0.25, 0.3) is 0 Å². The van der Waals surface area contributed by atoms with E-state index in [0.29, 0.717) is 18.6 Å². The van der Waals surface area contributed by atoms with Gasteiger partial charge in [0.15, 0.2) is 0 Å². The molecule has 2 aromatic rings. The van der Waals surface area contributed by atoms with E-state index >= 15 is 0 Å². The van der Waals surface area contributed by atoms with E-state index in [0.717, 1.165) is 17.2 Å². The molecule has 0 saturated carbocycles. The van der Waals surface area contributed by atoms with E-state index in [4.69, 9.17) is 4.74 Å². The Morgan fingerprint density at radius 1 is 1.12 bits per heavy atom. The Hall–Kier alpha value is -2.87. The minimum absolute atomic E-state index is 0.0285. The monoisotopic (exact) mass is 447 g/mol. The van der Waals surface area contributed by atoms with Crippen molar-refractivity contribution in [1.82, 2.24) is 14.8 Å². The molecule has 1 N–H and O–H groups in total. The molecular formula is C24H28F3N3O2. The van der Waals surface area contributed by atoms with Gasteiger partial charge in [-0.2, -0.15) is 18.3 Å². The topological polar surface area (TPSA) is 60.2 Å². The van der Waals surface area contributed by atoms with Crippen LogP contribution < -0.4 is 4.74 Å². The molecular weight excluding hydrogens is 419 g/mol. The first-order valence-electron chi connectivity index (χ1n) is 10.5. The van der Waals surface area contributed by atoms with Crippen LogP contribution in [0, 0.1) is 6.92 Å². The summed E-state index contributed by atoms with van der Waals surface area (Å²) in [6.45, 7) is 5.36. The first kappa shape index (κ1) is 23.8. The van der Waals surface area contributed by atoms with Crippen molar-refractivity contribution in [3.05, 3.63) is 77.1 Å². The maximum Gasteiger partial charge on any atom is 0.416 e. The molecule has 1 aliphatic rings. The lowest BCUT2D eigenvalue weighted by molar-refractivity contribution is -0.0899. The average molecular weight is 448 g/mol. The molecule has 32 heavy (non-hydrogen) atoms. The van der Waals surface area contributed by atoms with E-state index in [1.807, 2.05) is 26.0 Å². The van der Waals surface area contributed by atoms with Crippen molar-refractivity contribution in [1.29, 1.82) is 0 Å². The van der Waals surface area contributed by atoms with Crippen LogP contribution in [0.5, 0.6) is 5.75 Å². The molecule has 0 bridgehead atoms. The quantitative estimate of drug-likeness (QED) is 0.579. The third-order valence-corrected chi connectivity index (χ3v) is 5.29. The number of aliphatic hydroxyl groups is 1. The highest BCUT2D eigenvalue weighted by Crippen LogP contribution is 2.37. The molecule has 1 unspecified atom stereocenters. The van der Waals surface area contributed by atoms with Crippen molar-refractivity contribution >= 4 is 0 Å². The highest BCUT2D eigenvalue weighted by Gasteiger charge is 2.37. The second-order valence-corrected chi connectivity index (χ2v) is 8.56. The van der Waals surface area contributed by atoms with Crippen molar-refractivity contribution in [2.45, 2.75) is 64.8 Å². The first-order valence-corrected chi connectivity index (χ1v) is 10.5. The fraction of sp³-hybridized carbons (Fsp3) is 0.417. The van der Waals surface area contributed by atoms with Gasteiger partial charge < -0.3 is 9.84 Å². The van der Waals surface area contributed by atoms with Gasteiger partial charge in [0.1, 0.15) is 24.2 Å². The number of allylic oxidation sites excluding steroid dienone is 5. The van der Waals surface area contributed by atoms with Crippen molar-refractivity contribution in [3.63, 3.8) is 0 Å². The van der Waals surface area contributed by atoms with Gasteiger partial charge in [-0.25, -0.2) is 4.98 Å². The average Bonchev–Trinajstić information content (AvgIpc) is 3.21. The van der Waals surface area contributed by atoms with E-state index in [2.05, 4.69) is 10.1 Å². The van der Waals surface area contributed by atoms with Gasteiger partial charge in [0.05, 0.1) is 17.7 Å². The van der Waals surface area contributed by atoms with Crippen LogP contribution in [0.1, 0.15) is 45.1 Å². The van der Waals surface area contributed by atoms with Gasteiger partial charge in [0.2, 0.25) is 0 Å².